The third-order valence-corrected chi connectivity index (χ3v) is 7.49. The molecule has 0 N–H and O–H groups in total. The molecule has 0 aliphatic carbocycles. The lowest BCUT2D eigenvalue weighted by Crippen LogP contribution is -2.33. The van der Waals surface area contributed by atoms with Crippen LogP contribution in [0, 0.1) is 5.82 Å². The van der Waals surface area contributed by atoms with Crippen LogP contribution in [0.5, 0.6) is 0 Å². The fourth-order valence-corrected chi connectivity index (χ4v) is 5.52. The number of hydrogen-bond acceptors (Lipinski definition) is 2. The highest BCUT2D eigenvalue weighted by atomic mass is 19.1. The lowest BCUT2D eigenvalue weighted by molar-refractivity contribution is 0.564. The number of fused-ring (bicyclic) bond motifs is 5. The molecule has 6 rings (SSSR count). The van der Waals surface area contributed by atoms with E-state index in [0.29, 0.717) is 5.69 Å². The fraction of sp³-hybridized carbons (Fsp3) is 0.355. The number of hydrogen-bond donors (Lipinski definition) is 0. The van der Waals surface area contributed by atoms with E-state index in [9.17, 15) is 4.39 Å². The molecule has 2 aliphatic rings. The van der Waals surface area contributed by atoms with Gasteiger partial charge in [0.2, 0.25) is 0 Å². The molecule has 3 heterocycles. The van der Waals surface area contributed by atoms with E-state index in [-0.39, 0.29) is 16.6 Å². The van der Waals surface area contributed by atoms with Gasteiger partial charge in [0.15, 0.2) is 5.49 Å². The van der Waals surface area contributed by atoms with Gasteiger partial charge in [-0.3, -0.25) is 0 Å². The molecule has 3 aromatic carbocycles. The Hall–Kier alpha value is -3.27. The zero-order valence-corrected chi connectivity index (χ0v) is 21.5. The third kappa shape index (κ3) is 3.45. The number of rotatable bonds is 0. The molecule has 2 aliphatic heterocycles. The second-order valence-corrected chi connectivity index (χ2v) is 12.1. The maximum absolute atomic E-state index is 15.0. The first-order valence-electron chi connectivity index (χ1n) is 12.6. The molecule has 0 amide bonds. The Kier molecular flexibility index (Phi) is 4.67. The van der Waals surface area contributed by atoms with Crippen LogP contribution in [0.4, 0.5) is 15.8 Å². The van der Waals surface area contributed by atoms with Gasteiger partial charge >= 0.3 is 0 Å². The fourth-order valence-electron chi connectivity index (χ4n) is 5.52. The van der Waals surface area contributed by atoms with Crippen molar-refractivity contribution in [2.45, 2.75) is 71.8 Å². The Morgan fingerprint density at radius 1 is 0.771 bits per heavy atom. The molecule has 0 spiro atoms. The van der Waals surface area contributed by atoms with Crippen molar-refractivity contribution in [2.24, 2.45) is 9.98 Å². The van der Waals surface area contributed by atoms with Crippen LogP contribution in [0.1, 0.15) is 69.4 Å². The Morgan fingerprint density at radius 2 is 1.49 bits per heavy atom. The first kappa shape index (κ1) is 22.2. The number of halogens is 1. The zero-order chi connectivity index (χ0) is 24.7. The van der Waals surface area contributed by atoms with Gasteiger partial charge in [0.05, 0.1) is 17.7 Å². The van der Waals surface area contributed by atoms with Crippen LogP contribution in [0.25, 0.3) is 10.9 Å². The van der Waals surface area contributed by atoms with Crippen molar-refractivity contribution < 1.29 is 4.39 Å². The van der Waals surface area contributed by atoms with E-state index in [1.165, 1.54) is 28.3 Å². The van der Waals surface area contributed by atoms with E-state index in [1.54, 1.807) is 6.07 Å². The third-order valence-electron chi connectivity index (χ3n) is 7.49. The molecule has 0 radical (unpaired) electrons. The smallest absolute Gasteiger partial charge is 0.160 e. The van der Waals surface area contributed by atoms with Crippen LogP contribution >= 0.6 is 0 Å². The minimum absolute atomic E-state index is 0.0434. The van der Waals surface area contributed by atoms with E-state index in [0.717, 1.165) is 52.4 Å². The topological polar surface area (TPSA) is 29.6 Å². The lowest BCUT2D eigenvalue weighted by Gasteiger charge is -2.29. The molecule has 0 saturated carbocycles. The molecule has 1 aromatic heterocycles. The van der Waals surface area contributed by atoms with E-state index in [1.807, 2.05) is 6.07 Å². The molecule has 0 fully saturated rings. The quantitative estimate of drug-likeness (QED) is 0.242. The molecule has 0 atom stereocenters. The van der Waals surface area contributed by atoms with Gasteiger partial charge in [0.1, 0.15) is 16.9 Å². The summed E-state index contributed by atoms with van der Waals surface area (Å²) in [6.07, 6.45) is 1.63. The van der Waals surface area contributed by atoms with Gasteiger partial charge in [-0.2, -0.15) is 0 Å². The average Bonchev–Trinajstić information content (AvgIpc) is 3.07. The molecular formula is C31H32FN3. The van der Waals surface area contributed by atoms with Crippen LogP contribution in [0.3, 0.4) is 0 Å². The highest BCUT2D eigenvalue weighted by Crippen LogP contribution is 2.40. The van der Waals surface area contributed by atoms with Gasteiger partial charge in [0, 0.05) is 5.39 Å². The number of aryl methyl sites for hydroxylation is 2. The summed E-state index contributed by atoms with van der Waals surface area (Å²) >= 11 is 0. The predicted octanol–water partition coefficient (Wildman–Crippen LogP) is 6.74. The summed E-state index contributed by atoms with van der Waals surface area (Å²) in [6, 6.07) is 16.4. The summed E-state index contributed by atoms with van der Waals surface area (Å²) < 4.78 is 17.2. The van der Waals surface area contributed by atoms with Gasteiger partial charge in [0.25, 0.3) is 0 Å². The predicted molar refractivity (Wildman–Crippen MR) is 140 cm³/mol. The van der Waals surface area contributed by atoms with Crippen LogP contribution < -0.4 is 10.8 Å². The van der Waals surface area contributed by atoms with Gasteiger partial charge in [-0.05, 0) is 63.6 Å². The van der Waals surface area contributed by atoms with Crippen molar-refractivity contribution in [3.8, 4) is 0 Å². The molecule has 178 valence electrons. The molecule has 4 aromatic rings. The Labute approximate surface area is 206 Å². The number of para-hydroxylation sites is 1. The first-order chi connectivity index (χ1) is 16.5. The lowest BCUT2D eigenvalue weighted by atomic mass is 9.78. The van der Waals surface area contributed by atoms with Crippen molar-refractivity contribution in [2.75, 3.05) is 0 Å². The zero-order valence-electron chi connectivity index (χ0n) is 21.5. The average molecular weight is 466 g/mol. The molecule has 4 heteroatoms. The van der Waals surface area contributed by atoms with Crippen molar-refractivity contribution in [1.29, 1.82) is 0 Å². The van der Waals surface area contributed by atoms with Crippen molar-refractivity contribution in [1.82, 2.24) is 4.57 Å². The van der Waals surface area contributed by atoms with Crippen LogP contribution in [0.15, 0.2) is 58.5 Å². The van der Waals surface area contributed by atoms with Crippen molar-refractivity contribution in [3.63, 3.8) is 0 Å². The maximum Gasteiger partial charge on any atom is 0.160 e. The van der Waals surface area contributed by atoms with Crippen LogP contribution in [0.2, 0.25) is 0 Å². The van der Waals surface area contributed by atoms with E-state index >= 15 is 0 Å². The number of benzene rings is 3. The standard InChI is InChI=1S/C31H32FN3/c1-30(2,3)21-15-20-17-35-24-12-8-9-18-13-14-19-10-7-11-23(32)27(19)33-28(25(18)24)29(35)34-26(20)22(16-21)31(4,5)6/h7-12,15-16H,13-14,17H2,1-6H3. The Morgan fingerprint density at radius 3 is 2.23 bits per heavy atom. The normalized spacial score (nSPS) is 14.8. The molecule has 0 bridgehead atoms. The van der Waals surface area contributed by atoms with Gasteiger partial charge in [-0.15, -0.1) is 0 Å². The summed E-state index contributed by atoms with van der Waals surface area (Å²) in [5.74, 6) is -0.267. The van der Waals surface area contributed by atoms with Gasteiger partial charge in [-0.1, -0.05) is 77.9 Å². The second-order valence-electron chi connectivity index (χ2n) is 12.1. The van der Waals surface area contributed by atoms with Crippen molar-refractivity contribution >= 4 is 22.3 Å². The van der Waals surface area contributed by atoms with Crippen molar-refractivity contribution in [3.05, 3.63) is 93.0 Å². The maximum atomic E-state index is 15.0. The molecular weight excluding hydrogens is 433 g/mol. The molecule has 0 unspecified atom stereocenters. The highest BCUT2D eigenvalue weighted by Gasteiger charge is 2.28. The van der Waals surface area contributed by atoms with Crippen LogP contribution in [-0.2, 0) is 30.2 Å². The SMILES string of the molecule is CC(C)(C)c1cc2c(c(C(C)(C)C)c1)N=c1c3c4c(cccc4n1C2)CCc1cccc(F)c1N=3. The Balaban J connectivity index is 1.76. The minimum atomic E-state index is -0.267. The summed E-state index contributed by atoms with van der Waals surface area (Å²) in [5.41, 5.74) is 9.48. The van der Waals surface area contributed by atoms with Gasteiger partial charge < -0.3 is 4.57 Å². The first-order valence-corrected chi connectivity index (χ1v) is 12.6. The number of nitrogens with zero attached hydrogens (tertiary/aromatic N) is 3. The summed E-state index contributed by atoms with van der Waals surface area (Å²) in [7, 11) is 0. The largest absolute Gasteiger partial charge is 0.319 e. The summed E-state index contributed by atoms with van der Waals surface area (Å²) in [6.45, 7) is 14.3. The summed E-state index contributed by atoms with van der Waals surface area (Å²) in [5, 5.41) is 1.91. The highest BCUT2D eigenvalue weighted by molar-refractivity contribution is 5.84. The summed E-state index contributed by atoms with van der Waals surface area (Å²) in [4.78, 5) is 10.3. The monoisotopic (exact) mass is 465 g/mol. The van der Waals surface area contributed by atoms with E-state index in [4.69, 9.17) is 9.98 Å². The minimum Gasteiger partial charge on any atom is -0.319 e. The van der Waals surface area contributed by atoms with Gasteiger partial charge in [-0.25, -0.2) is 14.4 Å². The Bertz CT molecular complexity index is 1640. The molecule has 0 saturated heterocycles. The second kappa shape index (κ2) is 7.36. The molecule has 3 nitrogen and oxygen atoms in total. The van der Waals surface area contributed by atoms with E-state index < -0.39 is 0 Å². The molecule has 35 heavy (non-hydrogen) atoms. The van der Waals surface area contributed by atoms with Crippen LogP contribution in [-0.4, -0.2) is 4.57 Å². The number of aromatic nitrogens is 1. The van der Waals surface area contributed by atoms with E-state index in [2.05, 4.69) is 76.4 Å².